The van der Waals surface area contributed by atoms with Crippen molar-refractivity contribution in [2.75, 3.05) is 5.75 Å². The first-order chi connectivity index (χ1) is 12.5. The molecule has 0 amide bonds. The molecule has 0 fully saturated rings. The highest BCUT2D eigenvalue weighted by Crippen LogP contribution is 2.20. The number of aryl methyl sites for hydroxylation is 2. The SMILES string of the molecule is Cc1ccc(F)c(CC(=O)CCCSc2nc3c(c(=O)[nH]2)CCCC3)c1. The van der Waals surface area contributed by atoms with Gasteiger partial charge in [-0.1, -0.05) is 29.5 Å². The summed E-state index contributed by atoms with van der Waals surface area (Å²) in [4.78, 5) is 31.6. The lowest BCUT2D eigenvalue weighted by molar-refractivity contribution is -0.118. The molecule has 0 atom stereocenters. The van der Waals surface area contributed by atoms with Crippen LogP contribution in [0.15, 0.2) is 28.2 Å². The van der Waals surface area contributed by atoms with Gasteiger partial charge in [-0.15, -0.1) is 0 Å². The lowest BCUT2D eigenvalue weighted by Crippen LogP contribution is -2.21. The van der Waals surface area contributed by atoms with E-state index in [1.807, 2.05) is 6.92 Å². The molecule has 0 spiro atoms. The van der Waals surface area contributed by atoms with E-state index >= 15 is 0 Å². The molecule has 1 aromatic carbocycles. The maximum atomic E-state index is 13.7. The van der Waals surface area contributed by atoms with Crippen LogP contribution in [0.4, 0.5) is 4.39 Å². The van der Waals surface area contributed by atoms with Crippen LogP contribution in [0.5, 0.6) is 0 Å². The van der Waals surface area contributed by atoms with Gasteiger partial charge in [0.2, 0.25) is 0 Å². The van der Waals surface area contributed by atoms with Crippen LogP contribution < -0.4 is 5.56 Å². The van der Waals surface area contributed by atoms with Gasteiger partial charge in [-0.2, -0.15) is 0 Å². The number of nitrogens with one attached hydrogen (secondary N) is 1. The molecule has 1 aliphatic carbocycles. The van der Waals surface area contributed by atoms with E-state index < -0.39 is 0 Å². The van der Waals surface area contributed by atoms with E-state index in [2.05, 4.69) is 9.97 Å². The second-order valence-electron chi connectivity index (χ2n) is 6.77. The number of benzene rings is 1. The monoisotopic (exact) mass is 374 g/mol. The number of fused-ring (bicyclic) bond motifs is 1. The van der Waals surface area contributed by atoms with Crippen molar-refractivity contribution in [1.29, 1.82) is 0 Å². The number of carbonyl (C=O) groups is 1. The number of rotatable bonds is 7. The molecule has 4 nitrogen and oxygen atoms in total. The second-order valence-corrected chi connectivity index (χ2v) is 7.85. The van der Waals surface area contributed by atoms with E-state index in [0.717, 1.165) is 42.5 Å². The lowest BCUT2D eigenvalue weighted by Gasteiger charge is -2.14. The van der Waals surface area contributed by atoms with Crippen molar-refractivity contribution in [2.45, 2.75) is 57.0 Å². The molecule has 1 aromatic heterocycles. The van der Waals surface area contributed by atoms with Gasteiger partial charge in [0.15, 0.2) is 5.16 Å². The number of hydrogen-bond donors (Lipinski definition) is 1. The summed E-state index contributed by atoms with van der Waals surface area (Å²) in [5.74, 6) is 0.403. The molecule has 0 saturated heterocycles. The third-order valence-electron chi connectivity index (χ3n) is 4.60. The molecule has 0 aliphatic heterocycles. The molecule has 0 unspecified atom stereocenters. The first-order valence-corrected chi connectivity index (χ1v) is 10.0. The molecule has 1 aliphatic rings. The summed E-state index contributed by atoms with van der Waals surface area (Å²) in [6.07, 6.45) is 5.02. The Morgan fingerprint density at radius 2 is 2.12 bits per heavy atom. The van der Waals surface area contributed by atoms with Gasteiger partial charge in [-0.05, 0) is 50.7 Å². The van der Waals surface area contributed by atoms with E-state index in [-0.39, 0.29) is 23.6 Å². The van der Waals surface area contributed by atoms with Crippen molar-refractivity contribution in [2.24, 2.45) is 0 Å². The van der Waals surface area contributed by atoms with Gasteiger partial charge < -0.3 is 4.98 Å². The fourth-order valence-electron chi connectivity index (χ4n) is 3.23. The van der Waals surface area contributed by atoms with Crippen LogP contribution in [-0.2, 0) is 24.1 Å². The highest BCUT2D eigenvalue weighted by molar-refractivity contribution is 7.99. The van der Waals surface area contributed by atoms with E-state index in [0.29, 0.717) is 29.3 Å². The van der Waals surface area contributed by atoms with Crippen LogP contribution >= 0.6 is 11.8 Å². The summed E-state index contributed by atoms with van der Waals surface area (Å²) in [5.41, 5.74) is 3.14. The molecular weight excluding hydrogens is 351 g/mol. The minimum atomic E-state index is -0.325. The summed E-state index contributed by atoms with van der Waals surface area (Å²) in [5, 5.41) is 0.632. The van der Waals surface area contributed by atoms with Crippen molar-refractivity contribution in [3.63, 3.8) is 0 Å². The van der Waals surface area contributed by atoms with Crippen LogP contribution in [0.25, 0.3) is 0 Å². The molecular formula is C20H23FN2O2S. The molecule has 3 rings (SSSR count). The molecule has 1 heterocycles. The van der Waals surface area contributed by atoms with Gasteiger partial charge in [0, 0.05) is 24.2 Å². The second kappa shape index (κ2) is 8.62. The number of hydrogen-bond acceptors (Lipinski definition) is 4. The predicted molar refractivity (Wildman–Crippen MR) is 101 cm³/mol. The summed E-state index contributed by atoms with van der Waals surface area (Å²) >= 11 is 1.47. The van der Waals surface area contributed by atoms with E-state index in [1.54, 1.807) is 12.1 Å². The Morgan fingerprint density at radius 1 is 1.31 bits per heavy atom. The number of halogens is 1. The van der Waals surface area contributed by atoms with Gasteiger partial charge in [-0.3, -0.25) is 9.59 Å². The van der Waals surface area contributed by atoms with Crippen LogP contribution in [0, 0.1) is 12.7 Å². The Labute approximate surface area is 156 Å². The molecule has 6 heteroatoms. The van der Waals surface area contributed by atoms with Crippen molar-refractivity contribution in [3.8, 4) is 0 Å². The van der Waals surface area contributed by atoms with Crippen LogP contribution in [0.2, 0.25) is 0 Å². The molecule has 0 radical (unpaired) electrons. The smallest absolute Gasteiger partial charge is 0.254 e. The van der Waals surface area contributed by atoms with Crippen molar-refractivity contribution < 1.29 is 9.18 Å². The van der Waals surface area contributed by atoms with Crippen LogP contribution in [-0.4, -0.2) is 21.5 Å². The van der Waals surface area contributed by atoms with Crippen LogP contribution in [0.3, 0.4) is 0 Å². The zero-order valence-corrected chi connectivity index (χ0v) is 15.8. The Bertz CT molecular complexity index is 863. The topological polar surface area (TPSA) is 62.8 Å². The number of aromatic amines is 1. The highest BCUT2D eigenvalue weighted by atomic mass is 32.2. The summed E-state index contributed by atoms with van der Waals surface area (Å²) in [7, 11) is 0. The van der Waals surface area contributed by atoms with Gasteiger partial charge in [0.25, 0.3) is 5.56 Å². The Hall–Kier alpha value is -1.95. The first kappa shape index (κ1) is 18.8. The summed E-state index contributed by atoms with van der Waals surface area (Å²) < 4.78 is 13.7. The third kappa shape index (κ3) is 4.81. The van der Waals surface area contributed by atoms with E-state index in [4.69, 9.17) is 0 Å². The van der Waals surface area contributed by atoms with E-state index in [9.17, 15) is 14.0 Å². The van der Waals surface area contributed by atoms with Gasteiger partial charge in [0.05, 0.1) is 5.69 Å². The molecule has 26 heavy (non-hydrogen) atoms. The maximum Gasteiger partial charge on any atom is 0.254 e. The molecule has 0 bridgehead atoms. The zero-order valence-electron chi connectivity index (χ0n) is 14.9. The van der Waals surface area contributed by atoms with Crippen molar-refractivity contribution in [1.82, 2.24) is 9.97 Å². The van der Waals surface area contributed by atoms with Crippen molar-refractivity contribution in [3.05, 3.63) is 56.8 Å². The van der Waals surface area contributed by atoms with Gasteiger partial charge in [-0.25, -0.2) is 9.37 Å². The van der Waals surface area contributed by atoms with Gasteiger partial charge in [0.1, 0.15) is 11.6 Å². The highest BCUT2D eigenvalue weighted by Gasteiger charge is 2.15. The Balaban J connectivity index is 1.48. The predicted octanol–water partition coefficient (Wildman–Crippen LogP) is 3.78. The van der Waals surface area contributed by atoms with E-state index in [1.165, 1.54) is 17.8 Å². The average Bonchev–Trinajstić information content (AvgIpc) is 2.62. The number of thioether (sulfide) groups is 1. The molecule has 2 aromatic rings. The minimum Gasteiger partial charge on any atom is -0.301 e. The summed E-state index contributed by atoms with van der Waals surface area (Å²) in [6, 6.07) is 4.84. The standard InChI is InChI=1S/C20H23FN2O2S/c1-13-8-9-17(21)14(11-13)12-15(24)5-4-10-26-20-22-18-7-3-2-6-16(18)19(25)23-20/h8-9,11H,2-7,10,12H2,1H3,(H,22,23,25). The zero-order chi connectivity index (χ0) is 18.5. The summed E-state index contributed by atoms with van der Waals surface area (Å²) in [6.45, 7) is 1.89. The number of Topliss-reactive ketones (excluding diaryl/α,β-unsaturated/α-hetero) is 1. The number of nitrogens with zero attached hydrogens (tertiary/aromatic N) is 1. The number of ketones is 1. The molecule has 0 saturated carbocycles. The fourth-order valence-corrected chi connectivity index (χ4v) is 4.05. The molecule has 138 valence electrons. The van der Waals surface area contributed by atoms with Gasteiger partial charge >= 0.3 is 0 Å². The van der Waals surface area contributed by atoms with Crippen molar-refractivity contribution >= 4 is 17.5 Å². The number of carbonyl (C=O) groups excluding carboxylic acids is 1. The third-order valence-corrected chi connectivity index (χ3v) is 5.56. The fraction of sp³-hybridized carbons (Fsp3) is 0.450. The minimum absolute atomic E-state index is 0.0248. The first-order valence-electron chi connectivity index (χ1n) is 9.04. The molecule has 1 N–H and O–H groups in total. The Kier molecular flexibility index (Phi) is 6.25. The maximum absolute atomic E-state index is 13.7. The van der Waals surface area contributed by atoms with Crippen LogP contribution in [0.1, 0.15) is 48.1 Å². The Morgan fingerprint density at radius 3 is 2.96 bits per heavy atom. The number of aromatic nitrogens is 2. The quantitative estimate of drug-likeness (QED) is 0.455. The number of H-pyrrole nitrogens is 1. The largest absolute Gasteiger partial charge is 0.301 e. The normalized spacial score (nSPS) is 13.5. The lowest BCUT2D eigenvalue weighted by atomic mass is 9.97. The average molecular weight is 374 g/mol.